The summed E-state index contributed by atoms with van der Waals surface area (Å²) in [4.78, 5) is 25.5. The molecule has 1 heterocycles. The van der Waals surface area contributed by atoms with Crippen LogP contribution in [0, 0.1) is 25.2 Å². The summed E-state index contributed by atoms with van der Waals surface area (Å²) in [5.41, 5.74) is 1.86. The summed E-state index contributed by atoms with van der Waals surface area (Å²) in [5.74, 6) is -1.33. The van der Waals surface area contributed by atoms with Crippen molar-refractivity contribution in [1.29, 1.82) is 5.26 Å². The van der Waals surface area contributed by atoms with Crippen molar-refractivity contribution in [3.05, 3.63) is 117 Å². The Labute approximate surface area is 207 Å². The number of carboxylic acids is 1. The number of nitrogens with zero attached hydrogens (tertiary/aromatic N) is 3. The highest BCUT2D eigenvalue weighted by Crippen LogP contribution is 2.30. The molecule has 1 N–H and O–H groups in total. The summed E-state index contributed by atoms with van der Waals surface area (Å²) < 4.78 is 0.985. The van der Waals surface area contributed by atoms with E-state index in [1.165, 1.54) is 6.08 Å². The topological polar surface area (TPSA) is 96.0 Å². The molecule has 0 amide bonds. The Morgan fingerprint density at radius 2 is 1.50 bits per heavy atom. The minimum atomic E-state index is -1.33. The van der Waals surface area contributed by atoms with E-state index < -0.39 is 11.5 Å². The quantitative estimate of drug-likeness (QED) is 0.330. The van der Waals surface area contributed by atoms with Crippen molar-refractivity contribution in [3.63, 3.8) is 0 Å². The zero-order valence-corrected chi connectivity index (χ0v) is 19.7. The third-order valence-electron chi connectivity index (χ3n) is 6.41. The van der Waals surface area contributed by atoms with E-state index in [0.29, 0.717) is 5.69 Å². The van der Waals surface area contributed by atoms with Crippen LogP contribution in [0.5, 0.6) is 0 Å². The Hall–Kier alpha value is -5.02. The number of carbonyl (C=O) groups is 1. The van der Waals surface area contributed by atoms with E-state index in [-0.39, 0.29) is 16.8 Å². The number of benzene rings is 4. The van der Waals surface area contributed by atoms with Crippen LogP contribution in [0.2, 0.25) is 0 Å². The van der Waals surface area contributed by atoms with Crippen LogP contribution in [0.3, 0.4) is 0 Å². The first kappa shape index (κ1) is 22.8. The lowest BCUT2D eigenvalue weighted by Crippen LogP contribution is -2.28. The average Bonchev–Trinajstić information content (AvgIpc) is 2.88. The first-order valence-corrected chi connectivity index (χ1v) is 11.4. The SMILES string of the molecule is Cc1ccc(-n2nc(C(=O)O)c(/C=C\c3c4ccccc4cc4ccccc34)c(C#N)c2=O)cc1C. The maximum absolute atomic E-state index is 13.3. The van der Waals surface area contributed by atoms with Gasteiger partial charge in [0.05, 0.1) is 5.69 Å². The highest BCUT2D eigenvalue weighted by molar-refractivity contribution is 6.08. The van der Waals surface area contributed by atoms with Gasteiger partial charge in [-0.05, 0) is 70.3 Å². The van der Waals surface area contributed by atoms with Crippen LogP contribution in [-0.2, 0) is 0 Å². The summed E-state index contributed by atoms with van der Waals surface area (Å²) in [5, 5.41) is 28.0. The second-order valence-corrected chi connectivity index (χ2v) is 8.61. The third-order valence-corrected chi connectivity index (χ3v) is 6.41. The minimum Gasteiger partial charge on any atom is -0.476 e. The Bertz CT molecular complexity index is 1770. The lowest BCUT2D eigenvalue weighted by Gasteiger charge is -2.12. The maximum atomic E-state index is 13.3. The summed E-state index contributed by atoms with van der Waals surface area (Å²) in [6.45, 7) is 3.82. The van der Waals surface area contributed by atoms with Gasteiger partial charge in [-0.15, -0.1) is 0 Å². The van der Waals surface area contributed by atoms with E-state index >= 15 is 0 Å². The molecule has 5 aromatic rings. The van der Waals surface area contributed by atoms with Gasteiger partial charge in [-0.2, -0.15) is 15.0 Å². The van der Waals surface area contributed by atoms with Crippen molar-refractivity contribution in [1.82, 2.24) is 9.78 Å². The van der Waals surface area contributed by atoms with Gasteiger partial charge < -0.3 is 5.11 Å². The van der Waals surface area contributed by atoms with E-state index in [0.717, 1.165) is 42.9 Å². The van der Waals surface area contributed by atoms with Crippen molar-refractivity contribution in [2.45, 2.75) is 13.8 Å². The number of rotatable bonds is 4. The fraction of sp³-hybridized carbons (Fsp3) is 0.0667. The second-order valence-electron chi connectivity index (χ2n) is 8.61. The molecule has 0 saturated carbocycles. The standard InChI is InChI=1S/C30H21N3O3/c1-18-11-12-22(15-19(18)2)33-29(34)27(17-31)26(28(32-33)30(35)36)14-13-25-23-9-5-3-7-20(23)16-21-8-4-6-10-24(21)25/h3-16H,1-2H3,(H,35,36)/b14-13-. The number of aryl methyl sites for hydroxylation is 2. The average molecular weight is 472 g/mol. The molecule has 0 aliphatic carbocycles. The van der Waals surface area contributed by atoms with Gasteiger partial charge in [0.25, 0.3) is 5.56 Å². The van der Waals surface area contributed by atoms with Crippen LogP contribution in [0.15, 0.2) is 77.6 Å². The molecule has 0 saturated heterocycles. The number of nitriles is 1. The summed E-state index contributed by atoms with van der Waals surface area (Å²) in [6.07, 6.45) is 3.27. The van der Waals surface area contributed by atoms with Crippen LogP contribution in [0.25, 0.3) is 39.4 Å². The number of hydrogen-bond donors (Lipinski definition) is 1. The lowest BCUT2D eigenvalue weighted by atomic mass is 9.95. The minimum absolute atomic E-state index is 0.0212. The van der Waals surface area contributed by atoms with Crippen molar-refractivity contribution in [3.8, 4) is 11.8 Å². The molecule has 174 valence electrons. The second kappa shape index (κ2) is 8.97. The van der Waals surface area contributed by atoms with Gasteiger partial charge in [-0.3, -0.25) is 4.79 Å². The normalized spacial score (nSPS) is 11.2. The van der Waals surface area contributed by atoms with Gasteiger partial charge in [-0.1, -0.05) is 66.7 Å². The number of hydrogen-bond acceptors (Lipinski definition) is 4. The highest BCUT2D eigenvalue weighted by atomic mass is 16.4. The molecule has 5 rings (SSSR count). The van der Waals surface area contributed by atoms with Crippen LogP contribution in [0.4, 0.5) is 0 Å². The zero-order valence-electron chi connectivity index (χ0n) is 19.7. The molecule has 0 fully saturated rings. The Morgan fingerprint density at radius 3 is 2.08 bits per heavy atom. The molecule has 0 spiro atoms. The fourth-order valence-corrected chi connectivity index (χ4v) is 4.39. The molecule has 6 heteroatoms. The summed E-state index contributed by atoms with van der Waals surface area (Å²) >= 11 is 0. The molecule has 4 aromatic carbocycles. The molecular formula is C30H21N3O3. The number of aromatic carboxylic acids is 1. The number of carboxylic acid groups (broad SMARTS) is 1. The smallest absolute Gasteiger partial charge is 0.357 e. The number of aromatic nitrogens is 2. The van der Waals surface area contributed by atoms with Crippen molar-refractivity contribution >= 4 is 39.7 Å². The van der Waals surface area contributed by atoms with Gasteiger partial charge in [0.1, 0.15) is 11.6 Å². The molecule has 1 aromatic heterocycles. The third kappa shape index (κ3) is 3.83. The van der Waals surface area contributed by atoms with Crippen molar-refractivity contribution in [2.24, 2.45) is 0 Å². The Balaban J connectivity index is 1.76. The molecule has 36 heavy (non-hydrogen) atoms. The number of fused-ring (bicyclic) bond motifs is 2. The Kier molecular flexibility index (Phi) is 5.67. The lowest BCUT2D eigenvalue weighted by molar-refractivity contribution is 0.0688. The van der Waals surface area contributed by atoms with Gasteiger partial charge in [0, 0.05) is 5.56 Å². The largest absolute Gasteiger partial charge is 0.476 e. The highest BCUT2D eigenvalue weighted by Gasteiger charge is 2.21. The van der Waals surface area contributed by atoms with E-state index in [1.54, 1.807) is 18.2 Å². The van der Waals surface area contributed by atoms with Gasteiger partial charge in [0.2, 0.25) is 0 Å². The van der Waals surface area contributed by atoms with Crippen molar-refractivity contribution in [2.75, 3.05) is 0 Å². The summed E-state index contributed by atoms with van der Waals surface area (Å²) in [6, 6.07) is 25.0. The molecule has 0 aliphatic heterocycles. The first-order chi connectivity index (χ1) is 17.4. The van der Waals surface area contributed by atoms with Gasteiger partial charge in [-0.25, -0.2) is 4.79 Å². The molecule has 0 radical (unpaired) electrons. The van der Waals surface area contributed by atoms with Crippen LogP contribution < -0.4 is 5.56 Å². The van der Waals surface area contributed by atoms with Crippen LogP contribution in [-0.4, -0.2) is 20.9 Å². The van der Waals surface area contributed by atoms with E-state index in [2.05, 4.69) is 11.2 Å². The molecule has 6 nitrogen and oxygen atoms in total. The van der Waals surface area contributed by atoms with Crippen LogP contribution in [0.1, 0.15) is 38.3 Å². The molecule has 0 atom stereocenters. The maximum Gasteiger partial charge on any atom is 0.357 e. The monoisotopic (exact) mass is 471 g/mol. The van der Waals surface area contributed by atoms with E-state index in [1.807, 2.05) is 74.5 Å². The van der Waals surface area contributed by atoms with Gasteiger partial charge >= 0.3 is 5.97 Å². The Morgan fingerprint density at radius 1 is 0.889 bits per heavy atom. The molecule has 0 unspecified atom stereocenters. The predicted molar refractivity (Wildman–Crippen MR) is 141 cm³/mol. The van der Waals surface area contributed by atoms with Crippen molar-refractivity contribution < 1.29 is 9.90 Å². The molecule has 0 aliphatic rings. The van der Waals surface area contributed by atoms with E-state index in [9.17, 15) is 20.0 Å². The van der Waals surface area contributed by atoms with Crippen LogP contribution >= 0.6 is 0 Å². The predicted octanol–water partition coefficient (Wildman–Crippen LogP) is 5.90. The van der Waals surface area contributed by atoms with Gasteiger partial charge in [0.15, 0.2) is 5.69 Å². The fourth-order valence-electron chi connectivity index (χ4n) is 4.39. The zero-order chi connectivity index (χ0) is 25.4. The molecular weight excluding hydrogens is 450 g/mol. The van der Waals surface area contributed by atoms with E-state index in [4.69, 9.17) is 0 Å². The first-order valence-electron chi connectivity index (χ1n) is 11.4. The summed E-state index contributed by atoms with van der Waals surface area (Å²) in [7, 11) is 0. The molecule has 0 bridgehead atoms.